The Morgan fingerprint density at radius 3 is 2.44 bits per heavy atom. The second-order valence-corrected chi connectivity index (χ2v) is 10.5. The predicted molar refractivity (Wildman–Crippen MR) is 125 cm³/mol. The Kier molecular flexibility index (Phi) is 6.17. The fourth-order valence-electron chi connectivity index (χ4n) is 4.51. The third-order valence-electron chi connectivity index (χ3n) is 6.35. The molecule has 32 heavy (non-hydrogen) atoms. The highest BCUT2D eigenvalue weighted by Crippen LogP contribution is 2.37. The SMILES string of the molecule is CCS(=O)(=O)N1CCC(c2c[nH]c3c(C(N)=O)cc(-c4ccc(CC=O)cc4)cc23)CC1. The van der Waals surface area contributed by atoms with Crippen molar-refractivity contribution < 1.29 is 18.0 Å². The van der Waals surface area contributed by atoms with Crippen LogP contribution in [0.25, 0.3) is 22.0 Å². The van der Waals surface area contributed by atoms with Crippen LogP contribution in [0.3, 0.4) is 0 Å². The van der Waals surface area contributed by atoms with Crippen molar-refractivity contribution in [1.29, 1.82) is 0 Å². The van der Waals surface area contributed by atoms with Crippen molar-refractivity contribution in [2.75, 3.05) is 18.8 Å². The molecule has 2 heterocycles. The van der Waals surface area contributed by atoms with E-state index in [1.54, 1.807) is 17.3 Å². The third-order valence-corrected chi connectivity index (χ3v) is 8.23. The van der Waals surface area contributed by atoms with E-state index in [0.29, 0.717) is 30.6 Å². The van der Waals surface area contributed by atoms with E-state index in [4.69, 9.17) is 5.73 Å². The van der Waals surface area contributed by atoms with Crippen molar-refractivity contribution in [3.63, 3.8) is 0 Å². The van der Waals surface area contributed by atoms with Crippen LogP contribution in [0, 0.1) is 0 Å². The summed E-state index contributed by atoms with van der Waals surface area (Å²) in [6.07, 6.45) is 4.60. The Morgan fingerprint density at radius 2 is 1.84 bits per heavy atom. The van der Waals surface area contributed by atoms with Gasteiger partial charge in [-0.15, -0.1) is 0 Å². The number of hydrogen-bond acceptors (Lipinski definition) is 4. The zero-order valence-corrected chi connectivity index (χ0v) is 18.8. The molecule has 0 saturated carbocycles. The number of nitrogens with two attached hydrogens (primary N) is 1. The van der Waals surface area contributed by atoms with Gasteiger partial charge in [-0.2, -0.15) is 0 Å². The molecule has 8 heteroatoms. The van der Waals surface area contributed by atoms with E-state index in [9.17, 15) is 18.0 Å². The standard InChI is InChI=1S/C24H27N3O4S/c1-2-32(30,31)27-10-7-18(8-11-27)22-15-26-23-20(22)13-19(14-21(23)24(25)29)17-5-3-16(4-6-17)9-12-28/h3-6,12-15,18,26H,2,7-11H2,1H3,(H2,25,29). The van der Waals surface area contributed by atoms with Crippen molar-refractivity contribution in [3.05, 3.63) is 59.3 Å². The zero-order chi connectivity index (χ0) is 22.9. The number of piperidine rings is 1. The number of benzene rings is 2. The van der Waals surface area contributed by atoms with Crippen LogP contribution in [0.5, 0.6) is 0 Å². The lowest BCUT2D eigenvalue weighted by molar-refractivity contribution is -0.107. The summed E-state index contributed by atoms with van der Waals surface area (Å²) in [6.45, 7) is 2.65. The summed E-state index contributed by atoms with van der Waals surface area (Å²) in [5.74, 6) is -0.202. The number of H-pyrrole nitrogens is 1. The number of amides is 1. The van der Waals surface area contributed by atoms with Crippen molar-refractivity contribution in [1.82, 2.24) is 9.29 Å². The van der Waals surface area contributed by atoms with Crippen LogP contribution in [-0.2, 0) is 21.2 Å². The molecule has 1 aromatic heterocycles. The van der Waals surface area contributed by atoms with E-state index in [-0.39, 0.29) is 11.7 Å². The maximum atomic E-state index is 12.2. The van der Waals surface area contributed by atoms with E-state index >= 15 is 0 Å². The minimum absolute atomic E-state index is 0.113. The molecule has 0 atom stereocenters. The summed E-state index contributed by atoms with van der Waals surface area (Å²) in [5.41, 5.74) is 10.6. The highest BCUT2D eigenvalue weighted by atomic mass is 32.2. The number of carbonyl (C=O) groups is 2. The van der Waals surface area contributed by atoms with Crippen LogP contribution in [-0.4, -0.2) is 48.7 Å². The van der Waals surface area contributed by atoms with Crippen LogP contribution in [0.4, 0.5) is 0 Å². The minimum Gasteiger partial charge on any atom is -0.366 e. The highest BCUT2D eigenvalue weighted by Gasteiger charge is 2.29. The average Bonchev–Trinajstić information content (AvgIpc) is 3.23. The monoisotopic (exact) mass is 453 g/mol. The van der Waals surface area contributed by atoms with Gasteiger partial charge in [0.15, 0.2) is 0 Å². The summed E-state index contributed by atoms with van der Waals surface area (Å²) in [5, 5.41) is 0.935. The lowest BCUT2D eigenvalue weighted by Gasteiger charge is -2.31. The van der Waals surface area contributed by atoms with Crippen molar-refractivity contribution in [3.8, 4) is 11.1 Å². The molecule has 0 radical (unpaired) electrons. The normalized spacial score (nSPS) is 15.8. The molecule has 4 rings (SSSR count). The largest absolute Gasteiger partial charge is 0.366 e. The van der Waals surface area contributed by atoms with Gasteiger partial charge >= 0.3 is 0 Å². The van der Waals surface area contributed by atoms with Crippen molar-refractivity contribution in [2.24, 2.45) is 5.73 Å². The molecular formula is C24H27N3O4S. The van der Waals surface area contributed by atoms with Gasteiger partial charge in [0.2, 0.25) is 10.0 Å². The molecule has 3 aromatic rings. The van der Waals surface area contributed by atoms with Gasteiger partial charge < -0.3 is 15.5 Å². The van der Waals surface area contributed by atoms with Crippen molar-refractivity contribution >= 4 is 33.1 Å². The van der Waals surface area contributed by atoms with E-state index < -0.39 is 15.9 Å². The first kappa shape index (κ1) is 22.2. The third kappa shape index (κ3) is 4.20. The molecule has 0 aliphatic carbocycles. The van der Waals surface area contributed by atoms with Crippen LogP contribution < -0.4 is 5.73 Å². The number of aromatic nitrogens is 1. The number of primary amides is 1. The molecule has 0 spiro atoms. The van der Waals surface area contributed by atoms with E-state index in [2.05, 4.69) is 11.1 Å². The fourth-order valence-corrected chi connectivity index (χ4v) is 5.64. The van der Waals surface area contributed by atoms with Gasteiger partial charge in [-0.1, -0.05) is 24.3 Å². The van der Waals surface area contributed by atoms with Crippen LogP contribution in [0.1, 0.15) is 47.2 Å². The summed E-state index contributed by atoms with van der Waals surface area (Å²) >= 11 is 0. The van der Waals surface area contributed by atoms with Crippen LogP contribution >= 0.6 is 0 Å². The smallest absolute Gasteiger partial charge is 0.250 e. The first-order valence-corrected chi connectivity index (χ1v) is 12.4. The topological polar surface area (TPSA) is 113 Å². The van der Waals surface area contributed by atoms with E-state index in [0.717, 1.165) is 46.8 Å². The van der Waals surface area contributed by atoms with Crippen LogP contribution in [0.15, 0.2) is 42.6 Å². The Labute approximate surface area is 187 Å². The van der Waals surface area contributed by atoms with Gasteiger partial charge in [0.05, 0.1) is 16.8 Å². The number of sulfonamides is 1. The average molecular weight is 454 g/mol. The van der Waals surface area contributed by atoms with Gasteiger partial charge in [-0.05, 0) is 60.1 Å². The Balaban J connectivity index is 1.71. The zero-order valence-electron chi connectivity index (χ0n) is 18.0. The van der Waals surface area contributed by atoms with Gasteiger partial charge in [0.1, 0.15) is 6.29 Å². The molecule has 1 amide bonds. The lowest BCUT2D eigenvalue weighted by Crippen LogP contribution is -2.38. The number of fused-ring (bicyclic) bond motifs is 1. The maximum Gasteiger partial charge on any atom is 0.250 e. The Morgan fingerprint density at radius 1 is 1.16 bits per heavy atom. The molecule has 7 nitrogen and oxygen atoms in total. The Bertz CT molecular complexity index is 1250. The summed E-state index contributed by atoms with van der Waals surface area (Å²) in [6, 6.07) is 11.5. The van der Waals surface area contributed by atoms with Crippen LogP contribution in [0.2, 0.25) is 0 Å². The molecule has 1 fully saturated rings. The van der Waals surface area contributed by atoms with Gasteiger partial charge in [-0.25, -0.2) is 12.7 Å². The first-order valence-electron chi connectivity index (χ1n) is 10.8. The molecule has 3 N–H and O–H groups in total. The number of carbonyl (C=O) groups excluding carboxylic acids is 2. The summed E-state index contributed by atoms with van der Waals surface area (Å²) in [7, 11) is -3.18. The fraction of sp³-hybridized carbons (Fsp3) is 0.333. The van der Waals surface area contributed by atoms with Gasteiger partial charge in [0.25, 0.3) is 5.91 Å². The maximum absolute atomic E-state index is 12.2. The molecule has 1 saturated heterocycles. The second kappa shape index (κ2) is 8.88. The van der Waals surface area contributed by atoms with E-state index in [1.807, 2.05) is 30.5 Å². The number of rotatable bonds is 7. The van der Waals surface area contributed by atoms with Crippen molar-refractivity contribution in [2.45, 2.75) is 32.1 Å². The predicted octanol–water partition coefficient (Wildman–Crippen LogP) is 3.20. The number of aromatic amines is 1. The summed E-state index contributed by atoms with van der Waals surface area (Å²) in [4.78, 5) is 26.2. The van der Waals surface area contributed by atoms with E-state index in [1.165, 1.54) is 0 Å². The quantitative estimate of drug-likeness (QED) is 0.535. The lowest BCUT2D eigenvalue weighted by atomic mass is 9.88. The molecular weight excluding hydrogens is 426 g/mol. The Hall–Kier alpha value is -2.97. The molecule has 1 aliphatic heterocycles. The molecule has 1 aliphatic rings. The minimum atomic E-state index is -3.18. The highest BCUT2D eigenvalue weighted by molar-refractivity contribution is 7.89. The molecule has 0 bridgehead atoms. The molecule has 0 unspecified atom stereocenters. The number of nitrogens with one attached hydrogen (secondary N) is 1. The molecule has 168 valence electrons. The number of nitrogens with zero attached hydrogens (tertiary/aromatic N) is 1. The summed E-state index contributed by atoms with van der Waals surface area (Å²) < 4.78 is 26.0. The number of aldehydes is 1. The van der Waals surface area contributed by atoms with Gasteiger partial charge in [-0.3, -0.25) is 4.79 Å². The molecule has 2 aromatic carbocycles. The van der Waals surface area contributed by atoms with Gasteiger partial charge in [0, 0.05) is 31.1 Å². The first-order chi connectivity index (χ1) is 15.3. The number of hydrogen-bond donors (Lipinski definition) is 2. The second-order valence-electron chi connectivity index (χ2n) is 8.20.